The standard InChI is InChI=1S/C22H29NO3/c1-4-6-15-25-20-13-9-19(10-14-20)23-22(24)16-26-21-11-7-18(8-12-21)17(3)5-2/h7-14,17H,4-6,15-16H2,1-3H3,(H,23,24)/t17-/m1/s1. The molecular formula is C22H29NO3. The van der Waals surface area contributed by atoms with Gasteiger partial charge >= 0.3 is 0 Å². The number of anilines is 1. The number of amides is 1. The van der Waals surface area contributed by atoms with Crippen LogP contribution in [-0.2, 0) is 4.79 Å². The molecule has 140 valence electrons. The van der Waals surface area contributed by atoms with Crippen molar-refractivity contribution in [2.24, 2.45) is 0 Å². The molecule has 0 radical (unpaired) electrons. The van der Waals surface area contributed by atoms with Crippen LogP contribution in [0.5, 0.6) is 11.5 Å². The van der Waals surface area contributed by atoms with Crippen molar-refractivity contribution in [3.8, 4) is 11.5 Å². The van der Waals surface area contributed by atoms with E-state index in [0.717, 1.165) is 30.7 Å². The molecule has 0 aliphatic carbocycles. The summed E-state index contributed by atoms with van der Waals surface area (Å²) >= 11 is 0. The lowest BCUT2D eigenvalue weighted by Crippen LogP contribution is -2.20. The maximum absolute atomic E-state index is 12.0. The third kappa shape index (κ3) is 6.43. The van der Waals surface area contributed by atoms with E-state index < -0.39 is 0 Å². The maximum atomic E-state index is 12.0. The van der Waals surface area contributed by atoms with Crippen molar-refractivity contribution < 1.29 is 14.3 Å². The second-order valence-electron chi connectivity index (χ2n) is 6.44. The Morgan fingerprint density at radius 3 is 2.19 bits per heavy atom. The molecule has 26 heavy (non-hydrogen) atoms. The van der Waals surface area contributed by atoms with E-state index in [0.29, 0.717) is 18.3 Å². The fourth-order valence-electron chi connectivity index (χ4n) is 2.44. The first-order chi connectivity index (χ1) is 12.6. The number of hydrogen-bond acceptors (Lipinski definition) is 3. The first kappa shape index (κ1) is 19.8. The Balaban J connectivity index is 1.77. The van der Waals surface area contributed by atoms with Gasteiger partial charge in [-0.3, -0.25) is 4.79 Å². The van der Waals surface area contributed by atoms with Gasteiger partial charge in [-0.05, 0) is 60.7 Å². The number of ether oxygens (including phenoxy) is 2. The summed E-state index contributed by atoms with van der Waals surface area (Å²) in [4.78, 5) is 12.0. The molecule has 0 unspecified atom stereocenters. The van der Waals surface area contributed by atoms with Crippen molar-refractivity contribution in [2.45, 2.75) is 46.0 Å². The Labute approximate surface area is 156 Å². The van der Waals surface area contributed by atoms with Gasteiger partial charge in [-0.25, -0.2) is 0 Å². The lowest BCUT2D eigenvalue weighted by atomic mass is 9.99. The predicted octanol–water partition coefficient (Wildman–Crippen LogP) is 5.40. The van der Waals surface area contributed by atoms with Crippen molar-refractivity contribution in [3.05, 3.63) is 54.1 Å². The first-order valence-electron chi connectivity index (χ1n) is 9.37. The molecule has 4 nitrogen and oxygen atoms in total. The van der Waals surface area contributed by atoms with Gasteiger partial charge in [0.15, 0.2) is 6.61 Å². The van der Waals surface area contributed by atoms with Crippen LogP contribution in [0.3, 0.4) is 0 Å². The summed E-state index contributed by atoms with van der Waals surface area (Å²) in [5, 5.41) is 2.83. The Hall–Kier alpha value is -2.49. The van der Waals surface area contributed by atoms with Crippen molar-refractivity contribution in [1.29, 1.82) is 0 Å². The molecular weight excluding hydrogens is 326 g/mol. The zero-order chi connectivity index (χ0) is 18.8. The average Bonchev–Trinajstić information content (AvgIpc) is 2.68. The fourth-order valence-corrected chi connectivity index (χ4v) is 2.44. The topological polar surface area (TPSA) is 47.6 Å². The SMILES string of the molecule is CCCCOc1ccc(NC(=O)COc2ccc([C@H](C)CC)cc2)cc1. The molecule has 1 N–H and O–H groups in total. The molecule has 0 spiro atoms. The molecule has 1 atom stereocenters. The van der Waals surface area contributed by atoms with Gasteiger partial charge in [0.1, 0.15) is 11.5 Å². The summed E-state index contributed by atoms with van der Waals surface area (Å²) in [6.45, 7) is 7.19. The molecule has 0 fully saturated rings. The van der Waals surface area contributed by atoms with E-state index in [1.807, 2.05) is 36.4 Å². The van der Waals surface area contributed by atoms with E-state index >= 15 is 0 Å². The van der Waals surface area contributed by atoms with Gasteiger partial charge in [0.2, 0.25) is 0 Å². The number of carbonyl (C=O) groups is 1. The molecule has 0 aromatic heterocycles. The number of unbranched alkanes of at least 4 members (excludes halogenated alkanes) is 1. The van der Waals surface area contributed by atoms with Gasteiger partial charge in [-0.1, -0.05) is 39.3 Å². The van der Waals surface area contributed by atoms with E-state index in [4.69, 9.17) is 9.47 Å². The summed E-state index contributed by atoms with van der Waals surface area (Å²) < 4.78 is 11.2. The number of rotatable bonds is 10. The van der Waals surface area contributed by atoms with E-state index in [-0.39, 0.29) is 12.5 Å². The van der Waals surface area contributed by atoms with Crippen molar-refractivity contribution in [3.63, 3.8) is 0 Å². The molecule has 0 aliphatic rings. The average molecular weight is 355 g/mol. The van der Waals surface area contributed by atoms with Crippen LogP contribution in [0.4, 0.5) is 5.69 Å². The Kier molecular flexibility index (Phi) is 8.00. The molecule has 0 heterocycles. The van der Waals surface area contributed by atoms with E-state index in [1.165, 1.54) is 5.56 Å². The molecule has 0 saturated carbocycles. The van der Waals surface area contributed by atoms with Crippen molar-refractivity contribution in [1.82, 2.24) is 0 Å². The second kappa shape index (κ2) is 10.5. The predicted molar refractivity (Wildman–Crippen MR) is 106 cm³/mol. The minimum Gasteiger partial charge on any atom is -0.494 e. The largest absolute Gasteiger partial charge is 0.494 e. The number of nitrogens with one attached hydrogen (secondary N) is 1. The quantitative estimate of drug-likeness (QED) is 0.581. The summed E-state index contributed by atoms with van der Waals surface area (Å²) in [6.07, 6.45) is 3.24. The molecule has 1 amide bonds. The van der Waals surface area contributed by atoms with Crippen LogP contribution in [-0.4, -0.2) is 19.1 Å². The normalized spacial score (nSPS) is 11.7. The van der Waals surface area contributed by atoms with Gasteiger partial charge in [0.05, 0.1) is 6.61 Å². The van der Waals surface area contributed by atoms with Crippen LogP contribution in [0.2, 0.25) is 0 Å². The smallest absolute Gasteiger partial charge is 0.262 e. The van der Waals surface area contributed by atoms with Gasteiger partial charge in [-0.15, -0.1) is 0 Å². The number of benzene rings is 2. The monoisotopic (exact) mass is 355 g/mol. The first-order valence-corrected chi connectivity index (χ1v) is 9.37. The molecule has 2 rings (SSSR count). The summed E-state index contributed by atoms with van der Waals surface area (Å²) in [5.41, 5.74) is 2.01. The molecule has 2 aromatic carbocycles. The maximum Gasteiger partial charge on any atom is 0.262 e. The van der Waals surface area contributed by atoms with Gasteiger partial charge in [0.25, 0.3) is 5.91 Å². The summed E-state index contributed by atoms with van der Waals surface area (Å²) in [6, 6.07) is 15.3. The minimum atomic E-state index is -0.185. The highest BCUT2D eigenvalue weighted by Crippen LogP contribution is 2.21. The Morgan fingerprint density at radius 2 is 1.58 bits per heavy atom. The molecule has 0 aliphatic heterocycles. The van der Waals surface area contributed by atoms with E-state index in [2.05, 4.69) is 38.2 Å². The molecule has 0 saturated heterocycles. The highest BCUT2D eigenvalue weighted by atomic mass is 16.5. The lowest BCUT2D eigenvalue weighted by molar-refractivity contribution is -0.118. The van der Waals surface area contributed by atoms with Crippen molar-refractivity contribution >= 4 is 11.6 Å². The lowest BCUT2D eigenvalue weighted by Gasteiger charge is -2.11. The Morgan fingerprint density at radius 1 is 0.962 bits per heavy atom. The van der Waals surface area contributed by atoms with Crippen LogP contribution in [0.1, 0.15) is 51.5 Å². The van der Waals surface area contributed by atoms with E-state index in [1.54, 1.807) is 0 Å². The highest BCUT2D eigenvalue weighted by molar-refractivity contribution is 5.91. The molecule has 0 bridgehead atoms. The Bertz CT molecular complexity index is 665. The van der Waals surface area contributed by atoms with Gasteiger partial charge in [0, 0.05) is 5.69 Å². The number of carbonyl (C=O) groups excluding carboxylic acids is 1. The van der Waals surface area contributed by atoms with Crippen LogP contribution in [0.25, 0.3) is 0 Å². The fraction of sp³-hybridized carbons (Fsp3) is 0.409. The molecule has 2 aromatic rings. The minimum absolute atomic E-state index is 0.0164. The number of hydrogen-bond donors (Lipinski definition) is 1. The van der Waals surface area contributed by atoms with Crippen LogP contribution < -0.4 is 14.8 Å². The van der Waals surface area contributed by atoms with Gasteiger partial charge < -0.3 is 14.8 Å². The second-order valence-corrected chi connectivity index (χ2v) is 6.44. The van der Waals surface area contributed by atoms with Crippen LogP contribution in [0, 0.1) is 0 Å². The van der Waals surface area contributed by atoms with E-state index in [9.17, 15) is 4.79 Å². The van der Waals surface area contributed by atoms with Crippen LogP contribution >= 0.6 is 0 Å². The third-order valence-electron chi connectivity index (χ3n) is 4.34. The zero-order valence-electron chi connectivity index (χ0n) is 16.0. The van der Waals surface area contributed by atoms with Gasteiger partial charge in [-0.2, -0.15) is 0 Å². The summed E-state index contributed by atoms with van der Waals surface area (Å²) in [5.74, 6) is 1.86. The third-order valence-corrected chi connectivity index (χ3v) is 4.34. The highest BCUT2D eigenvalue weighted by Gasteiger charge is 2.06. The summed E-state index contributed by atoms with van der Waals surface area (Å²) in [7, 11) is 0. The molecule has 4 heteroatoms. The van der Waals surface area contributed by atoms with Crippen molar-refractivity contribution in [2.75, 3.05) is 18.5 Å². The zero-order valence-corrected chi connectivity index (χ0v) is 16.0. The van der Waals surface area contributed by atoms with Crippen LogP contribution in [0.15, 0.2) is 48.5 Å².